The van der Waals surface area contributed by atoms with Gasteiger partial charge in [-0.15, -0.1) is 0 Å². The number of morpholine rings is 2. The standard InChI is InChI=1S/C13H20N2O2.2C2HF3O2/c1-2-14-6-12-8-15(9-13(7-14)17-12)5-11-3-4-16-10-11;2*3-2(4,5)1(6)7/h3-4,10,12-13H,2,5-9H2,1H3;2*(H,6,7). The molecule has 2 aliphatic heterocycles. The Bertz CT molecular complexity index is 656. The summed E-state index contributed by atoms with van der Waals surface area (Å²) in [6, 6.07) is 2.05. The van der Waals surface area contributed by atoms with Gasteiger partial charge in [-0.3, -0.25) is 9.80 Å². The zero-order valence-corrected chi connectivity index (χ0v) is 16.3. The Morgan fingerprint density at radius 3 is 1.71 bits per heavy atom. The highest BCUT2D eigenvalue weighted by molar-refractivity contribution is 5.73. The molecular formula is C17H22F6N2O6. The summed E-state index contributed by atoms with van der Waals surface area (Å²) in [5, 5.41) is 14.2. The molecule has 0 amide bonds. The second-order valence-corrected chi connectivity index (χ2v) is 6.66. The van der Waals surface area contributed by atoms with Gasteiger partial charge < -0.3 is 19.4 Å². The van der Waals surface area contributed by atoms with Gasteiger partial charge in [-0.05, 0) is 12.6 Å². The predicted molar refractivity (Wildman–Crippen MR) is 92.1 cm³/mol. The number of ether oxygens (including phenoxy) is 1. The first-order valence-electron chi connectivity index (χ1n) is 8.93. The van der Waals surface area contributed by atoms with Crippen LogP contribution in [0.15, 0.2) is 23.0 Å². The number of likely N-dealkylation sites (N-methyl/N-ethyl adjacent to an activating group) is 1. The molecule has 0 radical (unpaired) electrons. The van der Waals surface area contributed by atoms with Crippen molar-refractivity contribution in [1.82, 2.24) is 9.80 Å². The molecule has 14 heteroatoms. The molecular weight excluding hydrogens is 442 g/mol. The van der Waals surface area contributed by atoms with Gasteiger partial charge in [0.2, 0.25) is 0 Å². The smallest absolute Gasteiger partial charge is 0.475 e. The Morgan fingerprint density at radius 1 is 0.968 bits per heavy atom. The number of hydrogen-bond acceptors (Lipinski definition) is 6. The molecule has 2 aliphatic rings. The second-order valence-electron chi connectivity index (χ2n) is 6.66. The molecule has 0 aliphatic carbocycles. The summed E-state index contributed by atoms with van der Waals surface area (Å²) in [4.78, 5) is 22.8. The van der Waals surface area contributed by atoms with Gasteiger partial charge in [0.05, 0.1) is 24.7 Å². The van der Waals surface area contributed by atoms with E-state index < -0.39 is 24.3 Å². The first kappa shape index (κ1) is 26.7. The molecule has 2 atom stereocenters. The fraction of sp³-hybridized carbons (Fsp3) is 0.647. The van der Waals surface area contributed by atoms with Crippen LogP contribution in [0.1, 0.15) is 12.5 Å². The lowest BCUT2D eigenvalue weighted by Gasteiger charge is -2.45. The highest BCUT2D eigenvalue weighted by Crippen LogP contribution is 2.20. The second kappa shape index (κ2) is 11.3. The first-order chi connectivity index (χ1) is 14.2. The molecule has 0 aromatic carbocycles. The monoisotopic (exact) mass is 464 g/mol. The molecule has 2 bridgehead atoms. The number of carboxylic acids is 2. The third-order valence-corrected chi connectivity index (χ3v) is 4.15. The van der Waals surface area contributed by atoms with Crippen LogP contribution < -0.4 is 0 Å². The minimum Gasteiger partial charge on any atom is -0.475 e. The van der Waals surface area contributed by atoms with Crippen molar-refractivity contribution in [2.45, 2.75) is 38.0 Å². The van der Waals surface area contributed by atoms with Crippen molar-refractivity contribution in [3.63, 3.8) is 0 Å². The van der Waals surface area contributed by atoms with Gasteiger partial charge in [0.25, 0.3) is 0 Å². The summed E-state index contributed by atoms with van der Waals surface area (Å²) in [6.07, 6.45) is -5.82. The van der Waals surface area contributed by atoms with Crippen molar-refractivity contribution in [3.05, 3.63) is 24.2 Å². The van der Waals surface area contributed by atoms with E-state index in [-0.39, 0.29) is 0 Å². The summed E-state index contributed by atoms with van der Waals surface area (Å²) in [6.45, 7) is 8.58. The summed E-state index contributed by atoms with van der Waals surface area (Å²) in [7, 11) is 0. The van der Waals surface area contributed by atoms with Crippen LogP contribution >= 0.6 is 0 Å². The Labute approximate surface area is 173 Å². The van der Waals surface area contributed by atoms with Gasteiger partial charge >= 0.3 is 24.3 Å². The molecule has 1 aromatic rings. The van der Waals surface area contributed by atoms with Gasteiger partial charge in [-0.25, -0.2) is 9.59 Å². The minimum absolute atomic E-state index is 0.384. The van der Waals surface area contributed by atoms with Crippen LogP contribution in [0.25, 0.3) is 0 Å². The van der Waals surface area contributed by atoms with Crippen molar-refractivity contribution in [2.24, 2.45) is 0 Å². The van der Waals surface area contributed by atoms with E-state index in [2.05, 4.69) is 16.7 Å². The third kappa shape index (κ3) is 10.0. The number of aliphatic carboxylic acids is 2. The maximum absolute atomic E-state index is 10.6. The number of carbonyl (C=O) groups is 2. The zero-order chi connectivity index (χ0) is 23.8. The van der Waals surface area contributed by atoms with E-state index >= 15 is 0 Å². The van der Waals surface area contributed by atoms with Crippen molar-refractivity contribution >= 4 is 11.9 Å². The van der Waals surface area contributed by atoms with E-state index in [4.69, 9.17) is 29.0 Å². The largest absolute Gasteiger partial charge is 0.490 e. The van der Waals surface area contributed by atoms with Crippen LogP contribution in [-0.4, -0.2) is 89.2 Å². The zero-order valence-electron chi connectivity index (χ0n) is 16.3. The number of hydrogen-bond donors (Lipinski definition) is 2. The van der Waals surface area contributed by atoms with Crippen LogP contribution in [0.2, 0.25) is 0 Å². The number of nitrogens with zero attached hydrogens (tertiary/aromatic N) is 2. The molecule has 178 valence electrons. The molecule has 31 heavy (non-hydrogen) atoms. The molecule has 3 rings (SSSR count). The van der Waals surface area contributed by atoms with Crippen molar-refractivity contribution < 1.29 is 55.3 Å². The minimum atomic E-state index is -5.08. The number of alkyl halides is 6. The maximum atomic E-state index is 10.6. The quantitative estimate of drug-likeness (QED) is 0.658. The van der Waals surface area contributed by atoms with Gasteiger partial charge in [0, 0.05) is 38.3 Å². The SMILES string of the molecule is CCN1CC2CN(Cc3ccoc3)CC(C1)O2.O=C(O)C(F)(F)F.O=C(O)C(F)(F)F. The number of furan rings is 1. The van der Waals surface area contributed by atoms with E-state index in [1.807, 2.05) is 12.3 Å². The van der Waals surface area contributed by atoms with E-state index in [1.54, 1.807) is 6.26 Å². The number of halogens is 6. The van der Waals surface area contributed by atoms with Gasteiger partial charge in [0.1, 0.15) is 0 Å². The van der Waals surface area contributed by atoms with Crippen LogP contribution in [-0.2, 0) is 20.9 Å². The summed E-state index contributed by atoms with van der Waals surface area (Å²) in [5.41, 5.74) is 1.26. The lowest BCUT2D eigenvalue weighted by atomic mass is 10.1. The normalized spacial score (nSPS) is 21.9. The molecule has 3 heterocycles. The average molecular weight is 464 g/mol. The highest BCUT2D eigenvalue weighted by atomic mass is 19.4. The van der Waals surface area contributed by atoms with E-state index in [9.17, 15) is 26.3 Å². The van der Waals surface area contributed by atoms with E-state index in [1.165, 1.54) is 5.56 Å². The van der Waals surface area contributed by atoms with Crippen LogP contribution in [0.4, 0.5) is 26.3 Å². The Morgan fingerprint density at radius 2 is 1.39 bits per heavy atom. The Hall–Kier alpha value is -2.32. The van der Waals surface area contributed by atoms with Crippen molar-refractivity contribution in [3.8, 4) is 0 Å². The summed E-state index contributed by atoms with van der Waals surface area (Å²) in [5.74, 6) is -5.51. The summed E-state index contributed by atoms with van der Waals surface area (Å²) < 4.78 is 74.6. The molecule has 0 spiro atoms. The maximum Gasteiger partial charge on any atom is 0.490 e. The number of fused-ring (bicyclic) bond motifs is 2. The highest BCUT2D eigenvalue weighted by Gasteiger charge is 2.39. The van der Waals surface area contributed by atoms with E-state index in [0.29, 0.717) is 12.2 Å². The number of carboxylic acid groups (broad SMARTS) is 2. The van der Waals surface area contributed by atoms with E-state index in [0.717, 1.165) is 39.3 Å². The molecule has 0 saturated carbocycles. The first-order valence-corrected chi connectivity index (χ1v) is 8.93. The van der Waals surface area contributed by atoms with Crippen LogP contribution in [0.5, 0.6) is 0 Å². The molecule has 2 fully saturated rings. The fourth-order valence-electron chi connectivity index (χ4n) is 2.89. The average Bonchev–Trinajstić information content (AvgIpc) is 3.13. The fourth-order valence-corrected chi connectivity index (χ4v) is 2.89. The van der Waals surface area contributed by atoms with Crippen LogP contribution in [0.3, 0.4) is 0 Å². The predicted octanol–water partition coefficient (Wildman–Crippen LogP) is 2.45. The molecule has 8 nitrogen and oxygen atoms in total. The molecule has 2 N–H and O–H groups in total. The third-order valence-electron chi connectivity index (χ3n) is 4.15. The van der Waals surface area contributed by atoms with Gasteiger partial charge in [-0.2, -0.15) is 26.3 Å². The number of rotatable bonds is 3. The molecule has 1 aromatic heterocycles. The summed E-state index contributed by atoms with van der Waals surface area (Å²) >= 11 is 0. The topological polar surface area (TPSA) is 103 Å². The Balaban J connectivity index is 0.000000288. The van der Waals surface area contributed by atoms with Crippen molar-refractivity contribution in [2.75, 3.05) is 32.7 Å². The van der Waals surface area contributed by atoms with Crippen LogP contribution in [0, 0.1) is 0 Å². The molecule has 2 unspecified atom stereocenters. The van der Waals surface area contributed by atoms with Crippen molar-refractivity contribution in [1.29, 1.82) is 0 Å². The lowest BCUT2D eigenvalue weighted by molar-refractivity contribution is -0.193. The Kier molecular flexibility index (Phi) is 9.77. The van der Waals surface area contributed by atoms with Gasteiger partial charge in [0.15, 0.2) is 0 Å². The lowest BCUT2D eigenvalue weighted by Crippen LogP contribution is -2.59. The van der Waals surface area contributed by atoms with Gasteiger partial charge in [-0.1, -0.05) is 6.92 Å². The molecule has 2 saturated heterocycles.